The van der Waals surface area contributed by atoms with E-state index < -0.39 is 12.6 Å². The van der Waals surface area contributed by atoms with Gasteiger partial charge in [0, 0.05) is 5.75 Å². The summed E-state index contributed by atoms with van der Waals surface area (Å²) in [6.07, 6.45) is 9.77. The van der Waals surface area contributed by atoms with Gasteiger partial charge in [0.2, 0.25) is 5.12 Å². The maximum Gasteiger partial charge on any atom is 0.341 e. The first kappa shape index (κ1) is 12.7. The fourth-order valence-electron chi connectivity index (χ4n) is 1.73. The molecular formula is C13H12O4S. The van der Waals surface area contributed by atoms with Crippen molar-refractivity contribution < 1.29 is 19.4 Å². The van der Waals surface area contributed by atoms with Crippen LogP contribution >= 0.6 is 11.8 Å². The average Bonchev–Trinajstić information content (AvgIpc) is 2.57. The first-order chi connectivity index (χ1) is 8.68. The lowest BCUT2D eigenvalue weighted by atomic mass is 10.0. The molecular weight excluding hydrogens is 252 g/mol. The van der Waals surface area contributed by atoms with Crippen LogP contribution in [0.15, 0.2) is 47.3 Å². The summed E-state index contributed by atoms with van der Waals surface area (Å²) in [6, 6.07) is 0. The van der Waals surface area contributed by atoms with Crippen LogP contribution in [0.3, 0.4) is 0 Å². The monoisotopic (exact) mass is 264 g/mol. The van der Waals surface area contributed by atoms with Crippen LogP contribution in [0.25, 0.3) is 0 Å². The zero-order chi connectivity index (χ0) is 13.0. The van der Waals surface area contributed by atoms with Gasteiger partial charge in [0.25, 0.3) is 0 Å². The minimum atomic E-state index is -1.06. The zero-order valence-electron chi connectivity index (χ0n) is 9.59. The second-order valence-electron chi connectivity index (χ2n) is 3.82. The molecule has 18 heavy (non-hydrogen) atoms. The minimum absolute atomic E-state index is 0.0781. The lowest BCUT2D eigenvalue weighted by Gasteiger charge is -2.18. The van der Waals surface area contributed by atoms with Crippen LogP contribution in [0.5, 0.6) is 0 Å². The molecule has 0 radical (unpaired) electrons. The molecule has 0 spiro atoms. The number of ether oxygens (including phenoxy) is 1. The molecule has 0 amide bonds. The van der Waals surface area contributed by atoms with E-state index in [9.17, 15) is 9.59 Å². The fraction of sp³-hybridized carbons (Fsp3) is 0.231. The number of hydrogen-bond donors (Lipinski definition) is 1. The number of carboxylic acids is 1. The zero-order valence-corrected chi connectivity index (χ0v) is 10.4. The molecule has 0 aromatic carbocycles. The smallest absolute Gasteiger partial charge is 0.341 e. The van der Waals surface area contributed by atoms with E-state index in [1.807, 2.05) is 24.3 Å². The van der Waals surface area contributed by atoms with E-state index in [4.69, 9.17) is 9.84 Å². The van der Waals surface area contributed by atoms with E-state index in [1.54, 1.807) is 0 Å². The SMILES string of the molecule is O=C(O)CO/C=C1/C(=O)SCC2=C1C=CC=CC2. The summed E-state index contributed by atoms with van der Waals surface area (Å²) in [5.41, 5.74) is 2.46. The average molecular weight is 264 g/mol. The summed E-state index contributed by atoms with van der Waals surface area (Å²) in [5.74, 6) is -0.380. The molecule has 1 N–H and O–H groups in total. The van der Waals surface area contributed by atoms with Crippen molar-refractivity contribution in [3.05, 3.63) is 47.3 Å². The molecule has 4 nitrogen and oxygen atoms in total. The van der Waals surface area contributed by atoms with Gasteiger partial charge in [0.15, 0.2) is 6.61 Å². The highest BCUT2D eigenvalue weighted by Gasteiger charge is 2.23. The Morgan fingerprint density at radius 2 is 2.33 bits per heavy atom. The van der Waals surface area contributed by atoms with Gasteiger partial charge in [-0.25, -0.2) is 4.79 Å². The highest BCUT2D eigenvalue weighted by Crippen LogP contribution is 2.33. The molecule has 0 aromatic rings. The molecule has 0 saturated heterocycles. The number of hydrogen-bond acceptors (Lipinski definition) is 4. The number of aliphatic carboxylic acids is 1. The van der Waals surface area contributed by atoms with Crippen molar-refractivity contribution in [1.82, 2.24) is 0 Å². The lowest BCUT2D eigenvalue weighted by molar-refractivity contribution is -0.140. The van der Waals surface area contributed by atoms with Gasteiger partial charge in [0.1, 0.15) is 0 Å². The van der Waals surface area contributed by atoms with Crippen LogP contribution in [0.1, 0.15) is 6.42 Å². The number of allylic oxidation sites excluding steroid dienone is 5. The van der Waals surface area contributed by atoms with Crippen LogP contribution in [-0.4, -0.2) is 28.6 Å². The van der Waals surface area contributed by atoms with E-state index in [2.05, 4.69) is 0 Å². The number of thioether (sulfide) groups is 1. The van der Waals surface area contributed by atoms with E-state index in [0.29, 0.717) is 11.3 Å². The molecule has 1 heterocycles. The fourth-order valence-corrected chi connectivity index (χ4v) is 2.63. The van der Waals surface area contributed by atoms with Gasteiger partial charge in [-0.15, -0.1) is 0 Å². The summed E-state index contributed by atoms with van der Waals surface area (Å²) in [6.45, 7) is -0.438. The minimum Gasteiger partial charge on any atom is -0.489 e. The second kappa shape index (κ2) is 5.73. The molecule has 0 bridgehead atoms. The number of carboxylic acid groups (broad SMARTS) is 1. The quantitative estimate of drug-likeness (QED) is 0.624. The highest BCUT2D eigenvalue weighted by atomic mass is 32.2. The molecule has 5 heteroatoms. The topological polar surface area (TPSA) is 63.6 Å². The van der Waals surface area contributed by atoms with Crippen LogP contribution in [0.2, 0.25) is 0 Å². The predicted molar refractivity (Wildman–Crippen MR) is 69.1 cm³/mol. The third kappa shape index (κ3) is 2.92. The maximum absolute atomic E-state index is 11.8. The first-order valence-corrected chi connectivity index (χ1v) is 6.43. The van der Waals surface area contributed by atoms with Crippen LogP contribution in [0, 0.1) is 0 Å². The summed E-state index contributed by atoms with van der Waals surface area (Å²) < 4.78 is 4.91. The Morgan fingerprint density at radius 1 is 1.50 bits per heavy atom. The van der Waals surface area contributed by atoms with Crippen molar-refractivity contribution >= 4 is 22.8 Å². The number of carbonyl (C=O) groups is 2. The first-order valence-electron chi connectivity index (χ1n) is 5.45. The molecule has 2 rings (SSSR count). The van der Waals surface area contributed by atoms with Crippen molar-refractivity contribution in [2.24, 2.45) is 0 Å². The van der Waals surface area contributed by atoms with Crippen LogP contribution in [0.4, 0.5) is 0 Å². The Balaban J connectivity index is 2.25. The summed E-state index contributed by atoms with van der Waals surface area (Å²) in [5, 5.41) is 8.43. The number of carbonyl (C=O) groups excluding carboxylic acids is 1. The Hall–Kier alpha value is -1.75. The van der Waals surface area contributed by atoms with Crippen molar-refractivity contribution in [2.45, 2.75) is 6.42 Å². The third-order valence-electron chi connectivity index (χ3n) is 2.55. The second-order valence-corrected chi connectivity index (χ2v) is 4.77. The van der Waals surface area contributed by atoms with E-state index in [1.165, 1.54) is 18.0 Å². The molecule has 0 saturated carbocycles. The Labute approximate surface area is 109 Å². The third-order valence-corrected chi connectivity index (χ3v) is 3.53. The number of rotatable bonds is 3. The van der Waals surface area contributed by atoms with Crippen molar-refractivity contribution in [2.75, 3.05) is 12.4 Å². The van der Waals surface area contributed by atoms with Gasteiger partial charge in [-0.1, -0.05) is 36.1 Å². The summed E-state index contributed by atoms with van der Waals surface area (Å²) >= 11 is 1.22. The Bertz CT molecular complexity index is 497. The van der Waals surface area contributed by atoms with Gasteiger partial charge in [-0.2, -0.15) is 0 Å². The van der Waals surface area contributed by atoms with Gasteiger partial charge in [0.05, 0.1) is 11.8 Å². The normalized spacial score (nSPS) is 20.9. The van der Waals surface area contributed by atoms with E-state index >= 15 is 0 Å². The molecule has 0 unspecified atom stereocenters. The van der Waals surface area contributed by atoms with Gasteiger partial charge >= 0.3 is 5.97 Å². The molecule has 2 aliphatic rings. The maximum atomic E-state index is 11.8. The highest BCUT2D eigenvalue weighted by molar-refractivity contribution is 8.14. The molecule has 0 aromatic heterocycles. The summed E-state index contributed by atoms with van der Waals surface area (Å²) in [7, 11) is 0. The van der Waals surface area contributed by atoms with Gasteiger partial charge < -0.3 is 9.84 Å². The molecule has 0 fully saturated rings. The molecule has 94 valence electrons. The Morgan fingerprint density at radius 3 is 3.11 bits per heavy atom. The van der Waals surface area contributed by atoms with Gasteiger partial charge in [-0.05, 0) is 17.6 Å². The largest absolute Gasteiger partial charge is 0.489 e. The van der Waals surface area contributed by atoms with E-state index in [-0.39, 0.29) is 5.12 Å². The van der Waals surface area contributed by atoms with Crippen molar-refractivity contribution in [3.63, 3.8) is 0 Å². The predicted octanol–water partition coefficient (Wildman–Crippen LogP) is 2.06. The molecule has 0 atom stereocenters. The van der Waals surface area contributed by atoms with Crippen molar-refractivity contribution in [3.8, 4) is 0 Å². The van der Waals surface area contributed by atoms with Crippen molar-refractivity contribution in [1.29, 1.82) is 0 Å². The Kier molecular flexibility index (Phi) is 4.04. The van der Waals surface area contributed by atoms with Gasteiger partial charge in [-0.3, -0.25) is 4.79 Å². The van der Waals surface area contributed by atoms with E-state index in [0.717, 1.165) is 17.6 Å². The van der Waals surface area contributed by atoms with Crippen LogP contribution in [-0.2, 0) is 14.3 Å². The summed E-state index contributed by atoms with van der Waals surface area (Å²) in [4.78, 5) is 22.2. The molecule has 1 aliphatic heterocycles. The molecule has 1 aliphatic carbocycles. The van der Waals surface area contributed by atoms with Crippen LogP contribution < -0.4 is 0 Å². The standard InChI is InChI=1S/C13H12O4S/c14-12(15)7-17-6-11-10-5-3-1-2-4-9(10)8-18-13(11)16/h1-3,5-6H,4,7-8H2,(H,14,15)/b11-6+. The lowest BCUT2D eigenvalue weighted by Crippen LogP contribution is -2.12.